The molecule has 0 aliphatic carbocycles. The zero-order valence-corrected chi connectivity index (χ0v) is 32.5. The molecule has 50 heavy (non-hydrogen) atoms. The molecule has 0 spiro atoms. The average Bonchev–Trinajstić information content (AvgIpc) is 3.59. The van der Waals surface area contributed by atoms with Crippen LogP contribution in [-0.4, -0.2) is 19.3 Å². The van der Waals surface area contributed by atoms with Gasteiger partial charge in [-0.1, -0.05) is 83.5 Å². The van der Waals surface area contributed by atoms with Crippen LogP contribution in [0.1, 0.15) is 75.2 Å². The summed E-state index contributed by atoms with van der Waals surface area (Å²) in [6.07, 6.45) is 4.76. The number of benzene rings is 4. The van der Waals surface area contributed by atoms with Crippen molar-refractivity contribution >= 4 is 21.8 Å². The molecule has 5 nitrogen and oxygen atoms in total. The molecule has 4 aromatic carbocycles. The molecule has 0 atom stereocenters. The molecule has 0 radical (unpaired) electrons. The van der Waals surface area contributed by atoms with Crippen molar-refractivity contribution in [3.05, 3.63) is 131 Å². The molecule has 7 aromatic rings. The van der Waals surface area contributed by atoms with E-state index in [9.17, 15) is 0 Å². The van der Waals surface area contributed by atoms with E-state index in [1.54, 1.807) is 0 Å². The summed E-state index contributed by atoms with van der Waals surface area (Å²) in [7, 11) is 0. The molecule has 256 valence electrons. The second-order valence-corrected chi connectivity index (χ2v) is 13.9. The van der Waals surface area contributed by atoms with Gasteiger partial charge in [0.05, 0.1) is 5.69 Å². The second-order valence-electron chi connectivity index (χ2n) is 13.9. The van der Waals surface area contributed by atoms with Crippen LogP contribution in [0, 0.1) is 26.0 Å². The Morgan fingerprint density at radius 2 is 1.48 bits per heavy atom. The fourth-order valence-electron chi connectivity index (χ4n) is 7.03. The van der Waals surface area contributed by atoms with Crippen molar-refractivity contribution in [2.45, 2.75) is 80.1 Å². The fraction of sp³-hybridized carbons (Fsp3) is 0.273. The van der Waals surface area contributed by atoms with Crippen molar-refractivity contribution in [3.8, 4) is 34.1 Å². The first-order valence-electron chi connectivity index (χ1n) is 17.4. The van der Waals surface area contributed by atoms with E-state index in [4.69, 9.17) is 14.8 Å². The first kappa shape index (κ1) is 35.4. The predicted molar refractivity (Wildman–Crippen MR) is 202 cm³/mol. The van der Waals surface area contributed by atoms with E-state index >= 15 is 0 Å². The summed E-state index contributed by atoms with van der Waals surface area (Å²) in [5.41, 5.74) is 12.5. The summed E-state index contributed by atoms with van der Waals surface area (Å²) < 4.78 is 10.9. The fourth-order valence-corrected chi connectivity index (χ4v) is 7.03. The van der Waals surface area contributed by atoms with Gasteiger partial charge >= 0.3 is 21.1 Å². The molecule has 0 amide bonds. The number of hydrogen-bond acceptors (Lipinski definition) is 3. The molecule has 7 rings (SSSR count). The molecule has 0 aliphatic heterocycles. The van der Waals surface area contributed by atoms with Crippen molar-refractivity contribution in [2.75, 3.05) is 0 Å². The van der Waals surface area contributed by atoms with E-state index in [1.807, 2.05) is 16.9 Å². The number of ether oxygens (including phenoxy) is 1. The smallest absolute Gasteiger partial charge is 0.509 e. The van der Waals surface area contributed by atoms with E-state index in [-0.39, 0.29) is 26.5 Å². The minimum atomic E-state index is -0.124. The van der Waals surface area contributed by atoms with Gasteiger partial charge in [-0.05, 0) is 90.1 Å². The van der Waals surface area contributed by atoms with Crippen molar-refractivity contribution in [1.29, 1.82) is 0 Å². The maximum absolute atomic E-state index is 6.66. The number of pyridine rings is 1. The van der Waals surface area contributed by atoms with Crippen LogP contribution < -0.4 is 4.74 Å². The Kier molecular flexibility index (Phi) is 9.93. The summed E-state index contributed by atoms with van der Waals surface area (Å²) >= 11 is 0. The first-order chi connectivity index (χ1) is 23.6. The summed E-state index contributed by atoms with van der Waals surface area (Å²) in [6, 6.07) is 35.0. The van der Waals surface area contributed by atoms with Crippen LogP contribution >= 0.6 is 0 Å². The third-order valence-electron chi connectivity index (χ3n) is 9.69. The SMILES string of the molecule is CCc1ccnc(-n2c3[c-]c(Oc4[c-]c(-n5nc(C)c(-c6c(CC)cccc6CC)c5C)cc(C(C)(C)C)c4)ccc3c3ccccc32)c1.[Pt+2]. The molecule has 6 heteroatoms. The van der Waals surface area contributed by atoms with Crippen LogP contribution in [0.4, 0.5) is 0 Å². The summed E-state index contributed by atoms with van der Waals surface area (Å²) in [6.45, 7) is 17.6. The van der Waals surface area contributed by atoms with Gasteiger partial charge in [0.2, 0.25) is 0 Å². The van der Waals surface area contributed by atoms with Gasteiger partial charge in [0, 0.05) is 34.5 Å². The summed E-state index contributed by atoms with van der Waals surface area (Å²) in [5, 5.41) is 7.38. The zero-order chi connectivity index (χ0) is 34.4. The molecule has 0 N–H and O–H groups in total. The van der Waals surface area contributed by atoms with Crippen molar-refractivity contribution < 1.29 is 25.8 Å². The minimum absolute atomic E-state index is 0. The number of para-hydroxylation sites is 1. The molecule has 0 saturated heterocycles. The Balaban J connectivity index is 0.00000432. The van der Waals surface area contributed by atoms with Crippen LogP contribution in [0.15, 0.2) is 85.1 Å². The van der Waals surface area contributed by atoms with Crippen molar-refractivity contribution in [1.82, 2.24) is 19.3 Å². The van der Waals surface area contributed by atoms with Crippen LogP contribution in [0.25, 0.3) is 44.4 Å². The molecular formula is C44H44N4OPt. The summed E-state index contributed by atoms with van der Waals surface area (Å²) in [5.74, 6) is 2.12. The molecule has 3 heterocycles. The third-order valence-corrected chi connectivity index (χ3v) is 9.69. The van der Waals surface area contributed by atoms with Gasteiger partial charge in [-0.3, -0.25) is 4.68 Å². The zero-order valence-electron chi connectivity index (χ0n) is 30.2. The van der Waals surface area contributed by atoms with E-state index in [2.05, 4.69) is 145 Å². The van der Waals surface area contributed by atoms with Crippen LogP contribution in [0.3, 0.4) is 0 Å². The van der Waals surface area contributed by atoms with Gasteiger partial charge < -0.3 is 9.30 Å². The maximum atomic E-state index is 6.66. The third kappa shape index (κ3) is 6.33. The monoisotopic (exact) mass is 839 g/mol. The van der Waals surface area contributed by atoms with Gasteiger partial charge in [-0.15, -0.1) is 41.3 Å². The summed E-state index contributed by atoms with van der Waals surface area (Å²) in [4.78, 5) is 4.77. The Bertz CT molecular complexity index is 2320. The van der Waals surface area contributed by atoms with E-state index in [0.717, 1.165) is 69.5 Å². The second kappa shape index (κ2) is 14.0. The molecule has 3 aromatic heterocycles. The largest absolute Gasteiger partial charge is 2.00 e. The Labute approximate surface area is 310 Å². The Hall–Kier alpha value is -4.47. The Morgan fingerprint density at radius 3 is 2.18 bits per heavy atom. The van der Waals surface area contributed by atoms with Crippen molar-refractivity contribution in [3.63, 3.8) is 0 Å². The number of nitrogens with zero attached hydrogens (tertiary/aromatic N) is 4. The molecule has 0 saturated carbocycles. The molecule has 0 bridgehead atoms. The van der Waals surface area contributed by atoms with Gasteiger partial charge in [-0.2, -0.15) is 11.2 Å². The standard InChI is InChI=1S/C44H44N4O.Pt/c1-9-30-21-22-45-41(23-30)47-39-18-13-12-17-37(39)38-20-19-35(27-40(38)47)49-36-25-33(44(6,7)8)24-34(26-36)48-29(5)42(28(4)46-48)43-31(10-2)15-14-16-32(43)11-3;/h12-25H,9-11H2,1-8H3;/q-2;+2. The topological polar surface area (TPSA) is 44.9 Å². The number of aryl methyl sites for hydroxylation is 4. The number of aromatic nitrogens is 4. The average molecular weight is 840 g/mol. The first-order valence-corrected chi connectivity index (χ1v) is 17.4. The number of hydrogen-bond donors (Lipinski definition) is 0. The normalized spacial score (nSPS) is 11.7. The van der Waals surface area contributed by atoms with Gasteiger partial charge in [0.25, 0.3) is 0 Å². The van der Waals surface area contributed by atoms with Crippen LogP contribution in [-0.2, 0) is 45.7 Å². The quantitative estimate of drug-likeness (QED) is 0.143. The molecular weight excluding hydrogens is 796 g/mol. The van der Waals surface area contributed by atoms with Gasteiger partial charge in [0.1, 0.15) is 5.82 Å². The molecule has 0 aliphatic rings. The number of rotatable bonds is 8. The van der Waals surface area contributed by atoms with Gasteiger partial charge in [-0.25, -0.2) is 4.98 Å². The predicted octanol–water partition coefficient (Wildman–Crippen LogP) is 11.0. The molecule has 0 unspecified atom stereocenters. The van der Waals surface area contributed by atoms with E-state index in [1.165, 1.54) is 27.8 Å². The van der Waals surface area contributed by atoms with Crippen LogP contribution in [0.2, 0.25) is 0 Å². The maximum Gasteiger partial charge on any atom is 2.00 e. The van der Waals surface area contributed by atoms with Gasteiger partial charge in [0.15, 0.2) is 0 Å². The molecule has 0 fully saturated rings. The number of fused-ring (bicyclic) bond motifs is 3. The Morgan fingerprint density at radius 1 is 0.740 bits per heavy atom. The van der Waals surface area contributed by atoms with Crippen LogP contribution in [0.5, 0.6) is 11.5 Å². The van der Waals surface area contributed by atoms with Crippen molar-refractivity contribution in [2.24, 2.45) is 0 Å². The van der Waals surface area contributed by atoms with E-state index in [0.29, 0.717) is 11.5 Å². The van der Waals surface area contributed by atoms with E-state index < -0.39 is 0 Å². The minimum Gasteiger partial charge on any atom is -0.509 e.